The van der Waals surface area contributed by atoms with E-state index in [1.807, 2.05) is 0 Å². The van der Waals surface area contributed by atoms with Crippen molar-refractivity contribution in [3.05, 3.63) is 42.0 Å². The van der Waals surface area contributed by atoms with Crippen LogP contribution in [0.3, 0.4) is 0 Å². The van der Waals surface area contributed by atoms with E-state index in [1.165, 1.54) is 14.2 Å². The molecule has 0 fully saturated rings. The number of hydrogen-bond donors (Lipinski definition) is 2. The Hall–Kier alpha value is -2.89. The molecular weight excluding hydrogens is 284 g/mol. The van der Waals surface area contributed by atoms with Gasteiger partial charge in [0, 0.05) is 6.07 Å². The van der Waals surface area contributed by atoms with Crippen molar-refractivity contribution in [2.45, 2.75) is 0 Å². The normalized spacial score (nSPS) is 9.95. The Kier molecular flexibility index (Phi) is 4.73. The van der Waals surface area contributed by atoms with E-state index in [0.717, 1.165) is 0 Å². The van der Waals surface area contributed by atoms with Crippen LogP contribution < -0.4 is 25.3 Å². The van der Waals surface area contributed by atoms with Crippen LogP contribution in [0, 0.1) is 0 Å². The molecule has 22 heavy (non-hydrogen) atoms. The van der Waals surface area contributed by atoms with E-state index in [4.69, 9.17) is 19.9 Å². The lowest BCUT2D eigenvalue weighted by atomic mass is 10.1. The molecule has 1 amide bonds. The number of ether oxygens (including phenoxy) is 3. The summed E-state index contributed by atoms with van der Waals surface area (Å²) >= 11 is 0. The summed E-state index contributed by atoms with van der Waals surface area (Å²) in [6, 6.07) is 10.1. The zero-order chi connectivity index (χ0) is 16.1. The highest BCUT2D eigenvalue weighted by atomic mass is 16.5. The largest absolute Gasteiger partial charge is 0.497 e. The molecule has 6 heteroatoms. The van der Waals surface area contributed by atoms with Crippen molar-refractivity contribution in [1.29, 1.82) is 0 Å². The highest BCUT2D eigenvalue weighted by Gasteiger charge is 2.19. The van der Waals surface area contributed by atoms with Gasteiger partial charge in [-0.25, -0.2) is 0 Å². The van der Waals surface area contributed by atoms with Crippen molar-refractivity contribution in [2.75, 3.05) is 32.4 Å². The second-order valence-corrected chi connectivity index (χ2v) is 4.44. The highest BCUT2D eigenvalue weighted by molar-refractivity contribution is 6.09. The van der Waals surface area contributed by atoms with Crippen molar-refractivity contribution in [3.8, 4) is 17.2 Å². The summed E-state index contributed by atoms with van der Waals surface area (Å²) in [5.74, 6) is 1.09. The molecule has 0 heterocycles. The monoisotopic (exact) mass is 302 g/mol. The first-order chi connectivity index (χ1) is 10.6. The van der Waals surface area contributed by atoms with Gasteiger partial charge in [0.25, 0.3) is 5.91 Å². The number of nitrogen functional groups attached to an aromatic ring is 1. The number of nitrogens with one attached hydrogen (secondary N) is 1. The molecule has 0 aromatic heterocycles. The summed E-state index contributed by atoms with van der Waals surface area (Å²) in [4.78, 5) is 12.5. The molecule has 2 rings (SSSR count). The summed E-state index contributed by atoms with van der Waals surface area (Å²) in [6.07, 6.45) is 0. The lowest BCUT2D eigenvalue weighted by molar-refractivity contribution is 0.102. The van der Waals surface area contributed by atoms with E-state index in [9.17, 15) is 4.79 Å². The summed E-state index contributed by atoms with van der Waals surface area (Å²) in [5, 5.41) is 2.75. The minimum absolute atomic E-state index is 0.308. The molecule has 0 radical (unpaired) electrons. The number of anilines is 2. The van der Waals surface area contributed by atoms with Gasteiger partial charge in [-0.3, -0.25) is 4.79 Å². The van der Waals surface area contributed by atoms with E-state index in [2.05, 4.69) is 5.32 Å². The van der Waals surface area contributed by atoms with Gasteiger partial charge in [0.1, 0.15) is 22.8 Å². The second-order valence-electron chi connectivity index (χ2n) is 4.44. The average Bonchev–Trinajstić information content (AvgIpc) is 2.55. The number of carbonyl (C=O) groups is 1. The Morgan fingerprint density at radius 3 is 2.14 bits per heavy atom. The highest BCUT2D eigenvalue weighted by Crippen LogP contribution is 2.30. The second kappa shape index (κ2) is 6.71. The minimum atomic E-state index is -0.369. The Labute approximate surface area is 128 Å². The van der Waals surface area contributed by atoms with Crippen LogP contribution in [0.4, 0.5) is 11.4 Å². The van der Waals surface area contributed by atoms with Crippen molar-refractivity contribution in [3.63, 3.8) is 0 Å². The SMILES string of the molecule is COc1ccc(NC(=O)c2c(OC)cccc2OC)c(N)c1. The van der Waals surface area contributed by atoms with Crippen LogP contribution in [0.15, 0.2) is 36.4 Å². The maximum Gasteiger partial charge on any atom is 0.263 e. The topological polar surface area (TPSA) is 82.8 Å². The predicted octanol–water partition coefficient (Wildman–Crippen LogP) is 2.55. The molecule has 0 saturated heterocycles. The quantitative estimate of drug-likeness (QED) is 0.829. The van der Waals surface area contributed by atoms with Gasteiger partial charge in [-0.15, -0.1) is 0 Å². The first-order valence-electron chi connectivity index (χ1n) is 6.56. The Morgan fingerprint density at radius 1 is 1.00 bits per heavy atom. The number of methoxy groups -OCH3 is 3. The van der Waals surface area contributed by atoms with Crippen molar-refractivity contribution >= 4 is 17.3 Å². The van der Waals surface area contributed by atoms with Crippen molar-refractivity contribution < 1.29 is 19.0 Å². The standard InChI is InChI=1S/C16H18N2O4/c1-20-10-7-8-12(11(17)9-10)18-16(19)15-13(21-2)5-4-6-14(15)22-3/h4-9H,17H2,1-3H3,(H,18,19). The summed E-state index contributed by atoms with van der Waals surface area (Å²) in [6.45, 7) is 0. The van der Waals surface area contributed by atoms with E-state index >= 15 is 0 Å². The van der Waals surface area contributed by atoms with Crippen LogP contribution >= 0.6 is 0 Å². The lowest BCUT2D eigenvalue weighted by Crippen LogP contribution is -2.15. The molecule has 0 aliphatic carbocycles. The fourth-order valence-corrected chi connectivity index (χ4v) is 2.04. The Balaban J connectivity index is 2.33. The van der Waals surface area contributed by atoms with Crippen LogP contribution in [-0.2, 0) is 0 Å². The fourth-order valence-electron chi connectivity index (χ4n) is 2.04. The van der Waals surface area contributed by atoms with Crippen molar-refractivity contribution in [2.24, 2.45) is 0 Å². The van der Waals surface area contributed by atoms with Crippen LogP contribution in [0.5, 0.6) is 17.2 Å². The van der Waals surface area contributed by atoms with Gasteiger partial charge in [0.05, 0.1) is 32.7 Å². The van der Waals surface area contributed by atoms with E-state index in [0.29, 0.717) is 34.2 Å². The van der Waals surface area contributed by atoms with Gasteiger partial charge < -0.3 is 25.3 Å². The zero-order valence-electron chi connectivity index (χ0n) is 12.7. The van der Waals surface area contributed by atoms with Gasteiger partial charge in [-0.1, -0.05) is 6.07 Å². The van der Waals surface area contributed by atoms with E-state index < -0.39 is 0 Å². The summed E-state index contributed by atoms with van der Waals surface area (Å²) in [5.41, 5.74) is 7.10. The molecule has 116 valence electrons. The molecule has 0 spiro atoms. The van der Waals surface area contributed by atoms with Crippen LogP contribution in [0.1, 0.15) is 10.4 Å². The lowest BCUT2D eigenvalue weighted by Gasteiger charge is -2.14. The molecule has 6 nitrogen and oxygen atoms in total. The first kappa shape index (κ1) is 15.5. The van der Waals surface area contributed by atoms with Gasteiger partial charge in [-0.05, 0) is 24.3 Å². The number of nitrogens with two attached hydrogens (primary N) is 1. The molecule has 0 aliphatic heterocycles. The number of amides is 1. The molecule has 0 saturated carbocycles. The van der Waals surface area contributed by atoms with Crippen molar-refractivity contribution in [1.82, 2.24) is 0 Å². The third-order valence-corrected chi connectivity index (χ3v) is 3.16. The minimum Gasteiger partial charge on any atom is -0.497 e. The third-order valence-electron chi connectivity index (χ3n) is 3.16. The molecule has 0 bridgehead atoms. The molecule has 2 aromatic carbocycles. The van der Waals surface area contributed by atoms with Crippen LogP contribution in [0.2, 0.25) is 0 Å². The molecule has 0 unspecified atom stereocenters. The number of rotatable bonds is 5. The van der Waals surface area contributed by atoms with Gasteiger partial charge in [-0.2, -0.15) is 0 Å². The number of benzene rings is 2. The summed E-state index contributed by atoms with van der Waals surface area (Å²) in [7, 11) is 4.54. The van der Waals surface area contributed by atoms with Gasteiger partial charge in [0.2, 0.25) is 0 Å². The fraction of sp³-hybridized carbons (Fsp3) is 0.188. The van der Waals surface area contributed by atoms with Gasteiger partial charge in [0.15, 0.2) is 0 Å². The average molecular weight is 302 g/mol. The predicted molar refractivity (Wildman–Crippen MR) is 84.9 cm³/mol. The smallest absolute Gasteiger partial charge is 0.263 e. The number of hydrogen-bond acceptors (Lipinski definition) is 5. The zero-order valence-corrected chi connectivity index (χ0v) is 12.7. The maximum atomic E-state index is 12.5. The Morgan fingerprint density at radius 2 is 1.64 bits per heavy atom. The van der Waals surface area contributed by atoms with E-state index in [1.54, 1.807) is 43.5 Å². The molecule has 2 aromatic rings. The summed E-state index contributed by atoms with van der Waals surface area (Å²) < 4.78 is 15.5. The van der Waals surface area contributed by atoms with Crippen LogP contribution in [-0.4, -0.2) is 27.2 Å². The molecule has 0 aliphatic rings. The Bertz CT molecular complexity index is 664. The molecule has 3 N–H and O–H groups in total. The number of carbonyl (C=O) groups excluding carboxylic acids is 1. The third kappa shape index (κ3) is 3.06. The first-order valence-corrected chi connectivity index (χ1v) is 6.56. The van der Waals surface area contributed by atoms with Crippen LogP contribution in [0.25, 0.3) is 0 Å². The molecular formula is C16H18N2O4. The maximum absolute atomic E-state index is 12.5. The van der Waals surface area contributed by atoms with E-state index in [-0.39, 0.29) is 5.91 Å². The van der Waals surface area contributed by atoms with Gasteiger partial charge >= 0.3 is 0 Å². The molecule has 0 atom stereocenters.